The Hall–Kier alpha value is -1.82. The van der Waals surface area contributed by atoms with Crippen molar-refractivity contribution in [1.29, 1.82) is 0 Å². The average molecular weight is 293 g/mol. The molecular formula is C15H23N3O3. The van der Waals surface area contributed by atoms with Crippen molar-refractivity contribution in [3.63, 3.8) is 0 Å². The fourth-order valence-corrected chi connectivity index (χ4v) is 2.77. The van der Waals surface area contributed by atoms with Crippen LogP contribution in [0, 0.1) is 5.92 Å². The van der Waals surface area contributed by atoms with Crippen molar-refractivity contribution in [1.82, 2.24) is 15.2 Å². The fourth-order valence-electron chi connectivity index (χ4n) is 2.77. The summed E-state index contributed by atoms with van der Waals surface area (Å²) < 4.78 is 0. The number of rotatable bonds is 5. The van der Waals surface area contributed by atoms with E-state index in [0.29, 0.717) is 19.0 Å². The number of aromatic amines is 1. The number of H-pyrrole nitrogens is 1. The largest absolute Gasteiger partial charge is 0.494 e. The summed E-state index contributed by atoms with van der Waals surface area (Å²) in [6, 6.07) is 2.55. The Balaban J connectivity index is 2.12. The molecule has 1 unspecified atom stereocenters. The van der Waals surface area contributed by atoms with Crippen LogP contribution in [0.25, 0.3) is 0 Å². The monoisotopic (exact) mass is 293 g/mol. The quantitative estimate of drug-likeness (QED) is 0.754. The summed E-state index contributed by atoms with van der Waals surface area (Å²) in [5, 5.41) is 12.8. The zero-order valence-corrected chi connectivity index (χ0v) is 12.4. The van der Waals surface area contributed by atoms with Crippen LogP contribution < -0.4 is 10.9 Å². The van der Waals surface area contributed by atoms with Gasteiger partial charge in [-0.25, -0.2) is 0 Å². The maximum Gasteiger partial charge on any atom is 0.254 e. The maximum absolute atomic E-state index is 12.6. The highest BCUT2D eigenvalue weighted by molar-refractivity contribution is 5.94. The maximum atomic E-state index is 12.6. The molecule has 0 aliphatic carbocycles. The van der Waals surface area contributed by atoms with Crippen LogP contribution in [0.3, 0.4) is 0 Å². The Labute approximate surface area is 124 Å². The zero-order valence-electron chi connectivity index (χ0n) is 12.4. The van der Waals surface area contributed by atoms with E-state index >= 15 is 0 Å². The Morgan fingerprint density at radius 3 is 2.90 bits per heavy atom. The van der Waals surface area contributed by atoms with E-state index in [1.54, 1.807) is 4.90 Å². The van der Waals surface area contributed by atoms with Crippen molar-refractivity contribution in [2.75, 3.05) is 26.2 Å². The molecule has 1 atom stereocenters. The standard InChI is InChI=1S/C15H23N3O3/c1-2-6-18(10-11-4-3-5-16-9-11)15(21)12-7-13(19)17-14(20)8-12/h7-8,11,16H,2-6,9-10H2,1H3,(H2,17,19,20). The molecule has 1 saturated heterocycles. The molecule has 1 fully saturated rings. The number of nitrogens with zero attached hydrogens (tertiary/aromatic N) is 1. The number of aromatic hydroxyl groups is 1. The molecule has 2 heterocycles. The summed E-state index contributed by atoms with van der Waals surface area (Å²) in [5.74, 6) is -0.0182. The summed E-state index contributed by atoms with van der Waals surface area (Å²) in [4.78, 5) is 28.0. The Bertz CT molecular complexity index is 535. The van der Waals surface area contributed by atoms with Gasteiger partial charge in [0.15, 0.2) is 5.88 Å². The summed E-state index contributed by atoms with van der Waals surface area (Å²) in [7, 11) is 0. The van der Waals surface area contributed by atoms with Gasteiger partial charge in [0, 0.05) is 25.2 Å². The SMILES string of the molecule is CCCN(CC1CCCNC1)C(=O)c1cc(O)[nH]c(=O)c1. The van der Waals surface area contributed by atoms with Crippen molar-refractivity contribution in [3.05, 3.63) is 28.0 Å². The van der Waals surface area contributed by atoms with Crippen LogP contribution in [0.5, 0.6) is 5.88 Å². The van der Waals surface area contributed by atoms with Crippen LogP contribution in [0.1, 0.15) is 36.5 Å². The van der Waals surface area contributed by atoms with Gasteiger partial charge in [-0.15, -0.1) is 0 Å². The lowest BCUT2D eigenvalue weighted by Crippen LogP contribution is -2.41. The van der Waals surface area contributed by atoms with E-state index in [-0.39, 0.29) is 17.4 Å². The predicted octanol–water partition coefficient (Wildman–Crippen LogP) is 0.932. The first-order chi connectivity index (χ1) is 10.1. The van der Waals surface area contributed by atoms with E-state index in [4.69, 9.17) is 0 Å². The van der Waals surface area contributed by atoms with Gasteiger partial charge in [-0.1, -0.05) is 6.92 Å². The van der Waals surface area contributed by atoms with Gasteiger partial charge in [0.25, 0.3) is 11.5 Å². The number of carbonyl (C=O) groups excluding carboxylic acids is 1. The van der Waals surface area contributed by atoms with Gasteiger partial charge in [0.1, 0.15) is 0 Å². The molecular weight excluding hydrogens is 270 g/mol. The first-order valence-corrected chi connectivity index (χ1v) is 7.53. The summed E-state index contributed by atoms with van der Waals surface area (Å²) in [6.45, 7) is 5.33. The molecule has 1 amide bonds. The van der Waals surface area contributed by atoms with Gasteiger partial charge in [0.05, 0.1) is 5.56 Å². The van der Waals surface area contributed by atoms with Crippen LogP contribution in [0.4, 0.5) is 0 Å². The molecule has 0 spiro atoms. The fraction of sp³-hybridized carbons (Fsp3) is 0.600. The second-order valence-corrected chi connectivity index (χ2v) is 5.58. The Morgan fingerprint density at radius 2 is 2.29 bits per heavy atom. The summed E-state index contributed by atoms with van der Waals surface area (Å²) >= 11 is 0. The van der Waals surface area contributed by atoms with Gasteiger partial charge < -0.3 is 15.3 Å². The van der Waals surface area contributed by atoms with Crippen LogP contribution >= 0.6 is 0 Å². The first-order valence-electron chi connectivity index (χ1n) is 7.53. The normalized spacial score (nSPS) is 18.4. The van der Waals surface area contributed by atoms with Crippen LogP contribution in [0.2, 0.25) is 0 Å². The second-order valence-electron chi connectivity index (χ2n) is 5.58. The number of hydrogen-bond acceptors (Lipinski definition) is 4. The molecule has 1 aliphatic heterocycles. The highest BCUT2D eigenvalue weighted by Crippen LogP contribution is 2.15. The number of hydrogen-bond donors (Lipinski definition) is 3. The minimum Gasteiger partial charge on any atom is -0.494 e. The number of pyridine rings is 1. The number of carbonyl (C=O) groups is 1. The van der Waals surface area contributed by atoms with Crippen molar-refractivity contribution < 1.29 is 9.90 Å². The molecule has 1 aliphatic rings. The van der Waals surface area contributed by atoms with E-state index in [2.05, 4.69) is 10.3 Å². The van der Waals surface area contributed by atoms with E-state index < -0.39 is 5.56 Å². The number of amides is 1. The highest BCUT2D eigenvalue weighted by Gasteiger charge is 2.21. The molecule has 1 aromatic rings. The second kappa shape index (κ2) is 7.26. The van der Waals surface area contributed by atoms with E-state index in [0.717, 1.165) is 32.4 Å². The van der Waals surface area contributed by atoms with Crippen LogP contribution in [-0.4, -0.2) is 47.1 Å². The zero-order chi connectivity index (χ0) is 15.2. The van der Waals surface area contributed by atoms with Gasteiger partial charge in [-0.2, -0.15) is 0 Å². The molecule has 0 radical (unpaired) electrons. The molecule has 1 aromatic heterocycles. The smallest absolute Gasteiger partial charge is 0.254 e. The molecule has 0 saturated carbocycles. The number of piperidine rings is 1. The van der Waals surface area contributed by atoms with Gasteiger partial charge in [-0.3, -0.25) is 14.6 Å². The molecule has 6 heteroatoms. The lowest BCUT2D eigenvalue weighted by molar-refractivity contribution is 0.0718. The molecule has 2 rings (SSSR count). The summed E-state index contributed by atoms with van der Waals surface area (Å²) in [6.07, 6.45) is 3.10. The van der Waals surface area contributed by atoms with Gasteiger partial charge in [0.2, 0.25) is 0 Å². The van der Waals surface area contributed by atoms with Crippen LogP contribution in [0.15, 0.2) is 16.9 Å². The van der Waals surface area contributed by atoms with Crippen molar-refractivity contribution in [2.24, 2.45) is 5.92 Å². The van der Waals surface area contributed by atoms with E-state index in [1.807, 2.05) is 6.92 Å². The Morgan fingerprint density at radius 1 is 1.48 bits per heavy atom. The third kappa shape index (κ3) is 4.32. The predicted molar refractivity (Wildman–Crippen MR) is 80.5 cm³/mol. The van der Waals surface area contributed by atoms with Gasteiger partial charge >= 0.3 is 0 Å². The number of nitrogens with one attached hydrogen (secondary N) is 2. The summed E-state index contributed by atoms with van der Waals surface area (Å²) in [5.41, 5.74) is -0.220. The van der Waals surface area contributed by atoms with Crippen molar-refractivity contribution >= 4 is 5.91 Å². The average Bonchev–Trinajstić information content (AvgIpc) is 2.46. The topological polar surface area (TPSA) is 85.4 Å². The minimum absolute atomic E-state index is 0.191. The van der Waals surface area contributed by atoms with E-state index in [1.165, 1.54) is 12.1 Å². The highest BCUT2D eigenvalue weighted by atomic mass is 16.3. The number of aromatic nitrogens is 1. The molecule has 0 bridgehead atoms. The van der Waals surface area contributed by atoms with Crippen molar-refractivity contribution in [2.45, 2.75) is 26.2 Å². The lowest BCUT2D eigenvalue weighted by Gasteiger charge is -2.30. The molecule has 0 aromatic carbocycles. The Kier molecular flexibility index (Phi) is 5.38. The minimum atomic E-state index is -0.464. The molecule has 21 heavy (non-hydrogen) atoms. The molecule has 116 valence electrons. The molecule has 6 nitrogen and oxygen atoms in total. The molecule has 3 N–H and O–H groups in total. The first kappa shape index (κ1) is 15.6. The van der Waals surface area contributed by atoms with Crippen LogP contribution in [-0.2, 0) is 0 Å². The van der Waals surface area contributed by atoms with E-state index in [9.17, 15) is 14.7 Å². The third-order valence-electron chi connectivity index (χ3n) is 3.74. The van der Waals surface area contributed by atoms with Gasteiger partial charge in [-0.05, 0) is 38.3 Å². The third-order valence-corrected chi connectivity index (χ3v) is 3.74. The van der Waals surface area contributed by atoms with Crippen molar-refractivity contribution in [3.8, 4) is 5.88 Å². The lowest BCUT2D eigenvalue weighted by atomic mass is 9.98.